The van der Waals surface area contributed by atoms with Gasteiger partial charge in [-0.1, -0.05) is 26.3 Å². The third kappa shape index (κ3) is 6.83. The van der Waals surface area contributed by atoms with Crippen LogP contribution < -0.4 is 9.46 Å². The third-order valence-electron chi connectivity index (χ3n) is 7.85. The van der Waals surface area contributed by atoms with Gasteiger partial charge < -0.3 is 14.4 Å². The number of sulfonamides is 1. The number of fused-ring (bicyclic) bond motifs is 3. The summed E-state index contributed by atoms with van der Waals surface area (Å²) in [6.45, 7) is 10.3. The van der Waals surface area contributed by atoms with Crippen molar-refractivity contribution in [1.29, 1.82) is 0 Å². The fourth-order valence-electron chi connectivity index (χ4n) is 5.70. The van der Waals surface area contributed by atoms with E-state index in [4.69, 9.17) is 9.47 Å². The van der Waals surface area contributed by atoms with E-state index < -0.39 is 21.8 Å². The number of methoxy groups -OCH3 is 1. The Morgan fingerprint density at radius 1 is 1.20 bits per heavy atom. The maximum atomic E-state index is 13.7. The number of hydrogen-bond acceptors (Lipinski definition) is 7. The zero-order chi connectivity index (χ0) is 29.0. The molecule has 2 aromatic carbocycles. The van der Waals surface area contributed by atoms with E-state index in [9.17, 15) is 22.4 Å². The maximum absolute atomic E-state index is 13.7. The molecule has 2 fully saturated rings. The van der Waals surface area contributed by atoms with Crippen molar-refractivity contribution in [1.82, 2.24) is 4.90 Å². The van der Waals surface area contributed by atoms with Crippen molar-refractivity contribution in [3.8, 4) is 5.75 Å². The van der Waals surface area contributed by atoms with Gasteiger partial charge >= 0.3 is 5.97 Å². The van der Waals surface area contributed by atoms with Crippen molar-refractivity contribution in [2.75, 3.05) is 38.1 Å². The van der Waals surface area contributed by atoms with E-state index in [-0.39, 0.29) is 33.9 Å². The first-order chi connectivity index (χ1) is 19.1. The summed E-state index contributed by atoms with van der Waals surface area (Å²) >= 11 is 0. The molecule has 5 rings (SSSR count). The van der Waals surface area contributed by atoms with Crippen molar-refractivity contribution < 1.29 is 31.9 Å². The Bertz CT molecular complexity index is 1360. The van der Waals surface area contributed by atoms with Gasteiger partial charge in [-0.05, 0) is 86.5 Å². The SMILES string of the molecule is CCCC1CCN(CC)C1.COC(=O)c1c(NS(=O)(=O)c2ccc(F)cc2CC(C)=O)ccc2c1OCC1CC21. The third-order valence-corrected chi connectivity index (χ3v) is 9.32. The fraction of sp³-hybridized carbons (Fsp3) is 0.533. The van der Waals surface area contributed by atoms with Crippen LogP contribution in [0.25, 0.3) is 0 Å². The smallest absolute Gasteiger partial charge is 0.343 e. The van der Waals surface area contributed by atoms with Gasteiger partial charge in [0.25, 0.3) is 10.0 Å². The Morgan fingerprint density at radius 2 is 1.98 bits per heavy atom. The largest absolute Gasteiger partial charge is 0.492 e. The molecule has 218 valence electrons. The standard InChI is InChI=1S/C21H20FNO6S.C9H19N/c1-11(24)7-12-8-14(22)3-6-18(12)30(26,27)23-17-5-4-15-16-9-13(16)10-29-20(15)19(17)21(25)28-2;1-3-5-9-6-7-10(4-2)8-9/h3-6,8,13,16,23H,7,9-10H2,1-2H3;9H,3-8H2,1-2H3. The highest BCUT2D eigenvalue weighted by atomic mass is 32.2. The number of nitrogens with one attached hydrogen (secondary N) is 1. The van der Waals surface area contributed by atoms with Gasteiger partial charge in [0.2, 0.25) is 0 Å². The summed E-state index contributed by atoms with van der Waals surface area (Å²) < 4.78 is 52.8. The van der Waals surface area contributed by atoms with E-state index in [0.717, 1.165) is 36.1 Å². The topological polar surface area (TPSA) is 102 Å². The highest BCUT2D eigenvalue weighted by Crippen LogP contribution is 2.55. The van der Waals surface area contributed by atoms with Gasteiger partial charge in [-0.2, -0.15) is 0 Å². The summed E-state index contributed by atoms with van der Waals surface area (Å²) in [5, 5.41) is 0. The molecule has 0 spiro atoms. The molecule has 10 heteroatoms. The van der Waals surface area contributed by atoms with Gasteiger partial charge in [0.1, 0.15) is 22.9 Å². The molecule has 0 bridgehead atoms. The Hall–Kier alpha value is -2.98. The quantitative estimate of drug-likeness (QED) is 0.413. The summed E-state index contributed by atoms with van der Waals surface area (Å²) in [5.74, 6) is 0.358. The lowest BCUT2D eigenvalue weighted by Crippen LogP contribution is -2.20. The molecule has 3 atom stereocenters. The van der Waals surface area contributed by atoms with Gasteiger partial charge in [0.15, 0.2) is 0 Å². The minimum atomic E-state index is -4.23. The number of ether oxygens (including phenoxy) is 2. The van der Waals surface area contributed by atoms with Crippen LogP contribution in [0.1, 0.15) is 73.9 Å². The van der Waals surface area contributed by atoms with Crippen LogP contribution in [0.2, 0.25) is 0 Å². The molecule has 0 radical (unpaired) electrons. The molecule has 2 aliphatic heterocycles. The summed E-state index contributed by atoms with van der Waals surface area (Å²) in [7, 11) is -3.03. The Kier molecular flexibility index (Phi) is 9.51. The molecule has 0 amide bonds. The predicted molar refractivity (Wildman–Crippen MR) is 151 cm³/mol. The zero-order valence-electron chi connectivity index (χ0n) is 23.7. The molecule has 1 saturated carbocycles. The first-order valence-corrected chi connectivity index (χ1v) is 15.5. The van der Waals surface area contributed by atoms with E-state index >= 15 is 0 Å². The second-order valence-electron chi connectivity index (χ2n) is 10.9. The number of Topliss-reactive ketones (excluding diaryl/α,β-unsaturated/α-hetero) is 1. The molecule has 3 aliphatic rings. The highest BCUT2D eigenvalue weighted by molar-refractivity contribution is 7.92. The van der Waals surface area contributed by atoms with E-state index in [1.165, 1.54) is 59.0 Å². The van der Waals surface area contributed by atoms with Crippen LogP contribution in [0, 0.1) is 17.7 Å². The van der Waals surface area contributed by atoms with Crippen molar-refractivity contribution in [2.45, 2.75) is 63.7 Å². The minimum absolute atomic E-state index is 0.000783. The average molecular weight is 575 g/mol. The van der Waals surface area contributed by atoms with Gasteiger partial charge in [0, 0.05) is 18.9 Å². The molecule has 0 aromatic heterocycles. The van der Waals surface area contributed by atoms with Crippen molar-refractivity contribution in [3.05, 3.63) is 52.8 Å². The van der Waals surface area contributed by atoms with Gasteiger partial charge in [-0.15, -0.1) is 0 Å². The van der Waals surface area contributed by atoms with Gasteiger partial charge in [0.05, 0.1) is 24.3 Å². The van der Waals surface area contributed by atoms with E-state index in [0.29, 0.717) is 24.2 Å². The lowest BCUT2D eigenvalue weighted by molar-refractivity contribution is -0.116. The number of esters is 1. The van der Waals surface area contributed by atoms with E-state index in [1.807, 2.05) is 0 Å². The van der Waals surface area contributed by atoms with Crippen LogP contribution in [0.4, 0.5) is 10.1 Å². The molecule has 3 unspecified atom stereocenters. The number of anilines is 1. The number of carbonyl (C=O) groups excluding carboxylic acids is 2. The van der Waals surface area contributed by atoms with Gasteiger partial charge in [-0.3, -0.25) is 9.52 Å². The molecule has 1 aliphatic carbocycles. The number of carbonyl (C=O) groups is 2. The van der Waals surface area contributed by atoms with E-state index in [2.05, 4.69) is 23.5 Å². The van der Waals surface area contributed by atoms with Crippen molar-refractivity contribution in [3.63, 3.8) is 0 Å². The minimum Gasteiger partial charge on any atom is -0.492 e. The molecule has 40 heavy (non-hydrogen) atoms. The molecule has 2 heterocycles. The number of halogens is 1. The van der Waals surface area contributed by atoms with Crippen LogP contribution >= 0.6 is 0 Å². The van der Waals surface area contributed by atoms with Crippen molar-refractivity contribution >= 4 is 27.5 Å². The van der Waals surface area contributed by atoms with Crippen LogP contribution in [0.5, 0.6) is 5.75 Å². The normalized spacial score (nSPS) is 21.3. The Labute approximate surface area is 236 Å². The highest BCUT2D eigenvalue weighted by Gasteiger charge is 2.45. The van der Waals surface area contributed by atoms with Crippen LogP contribution in [0.15, 0.2) is 35.2 Å². The zero-order valence-corrected chi connectivity index (χ0v) is 24.5. The number of nitrogens with zero attached hydrogens (tertiary/aromatic N) is 1. The first-order valence-electron chi connectivity index (χ1n) is 14.0. The molecule has 8 nitrogen and oxygen atoms in total. The molecule has 1 saturated heterocycles. The van der Waals surface area contributed by atoms with E-state index in [1.54, 1.807) is 6.07 Å². The fourth-order valence-corrected chi connectivity index (χ4v) is 6.99. The van der Waals surface area contributed by atoms with Gasteiger partial charge in [-0.25, -0.2) is 17.6 Å². The average Bonchev–Trinajstić information content (AvgIpc) is 3.57. The first kappa shape index (κ1) is 30.0. The lowest BCUT2D eigenvalue weighted by atomic mass is 10.0. The lowest BCUT2D eigenvalue weighted by Gasteiger charge is -2.22. The molecular formula is C30H39FN2O6S. The van der Waals surface area contributed by atoms with Crippen LogP contribution in [-0.4, -0.2) is 58.4 Å². The summed E-state index contributed by atoms with van der Waals surface area (Å²) in [5.41, 5.74) is 0.884. The Morgan fingerprint density at radius 3 is 2.62 bits per heavy atom. The summed E-state index contributed by atoms with van der Waals surface area (Å²) in [4.78, 5) is 26.3. The number of rotatable bonds is 9. The Balaban J connectivity index is 0.000000312. The van der Waals surface area contributed by atoms with Crippen molar-refractivity contribution in [2.24, 2.45) is 11.8 Å². The molecule has 2 aromatic rings. The second-order valence-corrected chi connectivity index (χ2v) is 12.5. The summed E-state index contributed by atoms with van der Waals surface area (Å²) in [6, 6.07) is 6.35. The number of benzene rings is 2. The van der Waals surface area contributed by atoms with Crippen LogP contribution in [0.3, 0.4) is 0 Å². The number of hydrogen-bond donors (Lipinski definition) is 1. The molecule has 1 N–H and O–H groups in total. The molecular weight excluding hydrogens is 535 g/mol. The predicted octanol–water partition coefficient (Wildman–Crippen LogP) is 5.17. The maximum Gasteiger partial charge on any atom is 0.343 e. The number of ketones is 1. The van der Waals surface area contributed by atoms with Crippen LogP contribution in [-0.2, 0) is 26.0 Å². The number of likely N-dealkylation sites (tertiary alicyclic amines) is 1. The summed E-state index contributed by atoms with van der Waals surface area (Å²) in [6.07, 6.45) is 4.97. The second kappa shape index (κ2) is 12.7. The monoisotopic (exact) mass is 574 g/mol.